The van der Waals surface area contributed by atoms with Crippen LogP contribution in [-0.4, -0.2) is 42.3 Å². The second kappa shape index (κ2) is 6.35. The average molecular weight is 293 g/mol. The van der Waals surface area contributed by atoms with E-state index in [-0.39, 0.29) is 0 Å². The second-order valence-electron chi connectivity index (χ2n) is 5.44. The number of hydrogen-bond acceptors (Lipinski definition) is 4. The molecule has 1 fully saturated rings. The number of benzene rings is 1. The van der Waals surface area contributed by atoms with Crippen molar-refractivity contribution in [2.75, 3.05) is 20.8 Å². The molecular weight excluding hydrogens is 270 g/mol. The van der Waals surface area contributed by atoms with Gasteiger partial charge in [0.1, 0.15) is 17.0 Å². The number of hydrogen-bond donors (Lipinski definition) is 1. The lowest BCUT2D eigenvalue weighted by Gasteiger charge is -2.34. The van der Waals surface area contributed by atoms with Crippen molar-refractivity contribution in [1.29, 1.82) is 0 Å². The Balaban J connectivity index is 2.26. The molecule has 5 heteroatoms. The van der Waals surface area contributed by atoms with E-state index in [0.29, 0.717) is 19.4 Å². The van der Waals surface area contributed by atoms with Crippen LogP contribution in [0.1, 0.15) is 31.7 Å². The van der Waals surface area contributed by atoms with Crippen molar-refractivity contribution in [2.24, 2.45) is 0 Å². The first-order chi connectivity index (χ1) is 10.1. The highest BCUT2D eigenvalue weighted by Gasteiger charge is 2.45. The molecule has 0 aliphatic carbocycles. The van der Waals surface area contributed by atoms with E-state index in [0.717, 1.165) is 30.0 Å². The van der Waals surface area contributed by atoms with E-state index in [1.807, 2.05) is 25.1 Å². The summed E-state index contributed by atoms with van der Waals surface area (Å²) < 4.78 is 10.5. The zero-order valence-electron chi connectivity index (χ0n) is 12.9. The van der Waals surface area contributed by atoms with Crippen LogP contribution in [0.15, 0.2) is 18.2 Å². The summed E-state index contributed by atoms with van der Waals surface area (Å²) in [5.74, 6) is 0.722. The Kier molecular flexibility index (Phi) is 4.73. The average Bonchev–Trinajstić information content (AvgIpc) is 2.90. The topological polar surface area (TPSA) is 59.0 Å². The number of carboxylic acids is 1. The Morgan fingerprint density at radius 3 is 2.38 bits per heavy atom. The highest BCUT2D eigenvalue weighted by molar-refractivity contribution is 5.79. The van der Waals surface area contributed by atoms with Gasteiger partial charge in [0.15, 0.2) is 0 Å². The molecule has 1 atom stereocenters. The first-order valence-corrected chi connectivity index (χ1v) is 7.26. The standard InChI is InChI=1S/C16H23NO4/c1-4-16(15(18)19)6-5-7-17(16)11-12-8-13(20-2)10-14(9-12)21-3/h8-10H,4-7,11H2,1-3H3,(H,18,19). The molecule has 0 aromatic heterocycles. The van der Waals surface area contributed by atoms with E-state index < -0.39 is 11.5 Å². The fourth-order valence-corrected chi connectivity index (χ4v) is 3.14. The fourth-order valence-electron chi connectivity index (χ4n) is 3.14. The minimum atomic E-state index is -0.740. The quantitative estimate of drug-likeness (QED) is 0.873. The molecule has 116 valence electrons. The number of carbonyl (C=O) groups is 1. The van der Waals surface area contributed by atoms with Crippen LogP contribution in [0.4, 0.5) is 0 Å². The van der Waals surface area contributed by atoms with Crippen molar-refractivity contribution in [3.8, 4) is 11.5 Å². The van der Waals surface area contributed by atoms with Crippen LogP contribution in [0.25, 0.3) is 0 Å². The maximum absolute atomic E-state index is 11.7. The summed E-state index contributed by atoms with van der Waals surface area (Å²) >= 11 is 0. The van der Waals surface area contributed by atoms with Gasteiger partial charge in [-0.25, -0.2) is 0 Å². The number of nitrogens with zero attached hydrogens (tertiary/aromatic N) is 1. The first-order valence-electron chi connectivity index (χ1n) is 7.26. The number of aliphatic carboxylic acids is 1. The summed E-state index contributed by atoms with van der Waals surface area (Å²) in [6, 6.07) is 5.68. The molecule has 5 nitrogen and oxygen atoms in total. The van der Waals surface area contributed by atoms with Gasteiger partial charge in [0, 0.05) is 12.6 Å². The van der Waals surface area contributed by atoms with Crippen LogP contribution in [0.3, 0.4) is 0 Å². The van der Waals surface area contributed by atoms with Crippen LogP contribution in [0.5, 0.6) is 11.5 Å². The van der Waals surface area contributed by atoms with Gasteiger partial charge in [-0.3, -0.25) is 9.69 Å². The lowest BCUT2D eigenvalue weighted by Crippen LogP contribution is -2.49. The second-order valence-corrected chi connectivity index (χ2v) is 5.44. The molecule has 1 aliphatic heterocycles. The SMILES string of the molecule is CCC1(C(=O)O)CCCN1Cc1cc(OC)cc(OC)c1. The van der Waals surface area contributed by atoms with Gasteiger partial charge in [0.2, 0.25) is 0 Å². The van der Waals surface area contributed by atoms with Gasteiger partial charge < -0.3 is 14.6 Å². The van der Waals surface area contributed by atoms with Crippen LogP contribution in [0.2, 0.25) is 0 Å². The molecule has 0 radical (unpaired) electrons. The van der Waals surface area contributed by atoms with E-state index in [1.165, 1.54) is 0 Å². The lowest BCUT2D eigenvalue weighted by molar-refractivity contribution is -0.150. The Morgan fingerprint density at radius 2 is 1.90 bits per heavy atom. The van der Waals surface area contributed by atoms with E-state index in [2.05, 4.69) is 4.90 Å². The third kappa shape index (κ3) is 2.97. The smallest absolute Gasteiger partial charge is 0.324 e. The van der Waals surface area contributed by atoms with Crippen molar-refractivity contribution in [3.63, 3.8) is 0 Å². The summed E-state index contributed by atoms with van der Waals surface area (Å²) in [6.45, 7) is 3.34. The van der Waals surface area contributed by atoms with Gasteiger partial charge in [-0.05, 0) is 43.5 Å². The predicted octanol–water partition coefficient (Wildman–Crippen LogP) is 2.53. The maximum Gasteiger partial charge on any atom is 0.324 e. The van der Waals surface area contributed by atoms with E-state index >= 15 is 0 Å². The Bertz CT molecular complexity index is 495. The molecule has 0 bridgehead atoms. The number of ether oxygens (including phenoxy) is 2. The summed E-state index contributed by atoms with van der Waals surface area (Å²) in [5, 5.41) is 9.62. The molecule has 1 unspecified atom stereocenters. The molecule has 1 aromatic rings. The highest BCUT2D eigenvalue weighted by atomic mass is 16.5. The van der Waals surface area contributed by atoms with Crippen molar-refractivity contribution < 1.29 is 19.4 Å². The van der Waals surface area contributed by atoms with Crippen LogP contribution in [0, 0.1) is 0 Å². The van der Waals surface area contributed by atoms with Gasteiger partial charge in [0.05, 0.1) is 14.2 Å². The first kappa shape index (κ1) is 15.6. The molecule has 0 spiro atoms. The number of rotatable bonds is 6. The van der Waals surface area contributed by atoms with Crippen LogP contribution in [-0.2, 0) is 11.3 Å². The Labute approximate surface area is 125 Å². The lowest BCUT2D eigenvalue weighted by atomic mass is 9.92. The molecule has 21 heavy (non-hydrogen) atoms. The van der Waals surface area contributed by atoms with Crippen molar-refractivity contribution >= 4 is 5.97 Å². The van der Waals surface area contributed by atoms with Gasteiger partial charge in [-0.15, -0.1) is 0 Å². The molecular formula is C16H23NO4. The van der Waals surface area contributed by atoms with Crippen molar-refractivity contribution in [3.05, 3.63) is 23.8 Å². The Morgan fingerprint density at radius 1 is 1.29 bits per heavy atom. The minimum Gasteiger partial charge on any atom is -0.497 e. The largest absolute Gasteiger partial charge is 0.497 e. The predicted molar refractivity (Wildman–Crippen MR) is 79.8 cm³/mol. The van der Waals surface area contributed by atoms with Crippen molar-refractivity contribution in [2.45, 2.75) is 38.3 Å². The monoisotopic (exact) mass is 293 g/mol. The van der Waals surface area contributed by atoms with E-state index in [4.69, 9.17) is 9.47 Å². The number of methoxy groups -OCH3 is 2. The molecule has 1 aliphatic rings. The highest BCUT2D eigenvalue weighted by Crippen LogP contribution is 2.35. The fraction of sp³-hybridized carbons (Fsp3) is 0.562. The van der Waals surface area contributed by atoms with Crippen molar-refractivity contribution in [1.82, 2.24) is 4.90 Å². The molecule has 0 saturated carbocycles. The Hall–Kier alpha value is -1.75. The van der Waals surface area contributed by atoms with Crippen LogP contribution < -0.4 is 9.47 Å². The van der Waals surface area contributed by atoms with Gasteiger partial charge in [-0.2, -0.15) is 0 Å². The van der Waals surface area contributed by atoms with Crippen LogP contribution >= 0.6 is 0 Å². The van der Waals surface area contributed by atoms with Gasteiger partial charge in [0.25, 0.3) is 0 Å². The number of carboxylic acid groups (broad SMARTS) is 1. The normalized spacial score (nSPS) is 22.2. The molecule has 1 N–H and O–H groups in total. The summed E-state index contributed by atoms with van der Waals surface area (Å²) in [7, 11) is 3.23. The summed E-state index contributed by atoms with van der Waals surface area (Å²) in [6.07, 6.45) is 2.24. The zero-order valence-corrected chi connectivity index (χ0v) is 12.9. The third-order valence-corrected chi connectivity index (χ3v) is 4.39. The summed E-state index contributed by atoms with van der Waals surface area (Å²) in [4.78, 5) is 13.8. The molecule has 0 amide bonds. The number of likely N-dealkylation sites (tertiary alicyclic amines) is 1. The third-order valence-electron chi connectivity index (χ3n) is 4.39. The molecule has 1 aromatic carbocycles. The van der Waals surface area contributed by atoms with Gasteiger partial charge in [-0.1, -0.05) is 6.92 Å². The molecule has 2 rings (SSSR count). The molecule has 1 saturated heterocycles. The van der Waals surface area contributed by atoms with Gasteiger partial charge >= 0.3 is 5.97 Å². The summed E-state index contributed by atoms with van der Waals surface area (Å²) in [5.41, 5.74) is 0.267. The zero-order chi connectivity index (χ0) is 15.5. The van der Waals surface area contributed by atoms with E-state index in [9.17, 15) is 9.90 Å². The maximum atomic E-state index is 11.7. The molecule has 1 heterocycles. The minimum absolute atomic E-state index is 0.591. The van der Waals surface area contributed by atoms with E-state index in [1.54, 1.807) is 14.2 Å².